The Morgan fingerprint density at radius 3 is 2.42 bits per heavy atom. The summed E-state index contributed by atoms with van der Waals surface area (Å²) in [6, 6.07) is 16.0. The van der Waals surface area contributed by atoms with Gasteiger partial charge >= 0.3 is 0 Å². The van der Waals surface area contributed by atoms with Crippen LogP contribution in [0, 0.1) is 0 Å². The minimum absolute atomic E-state index is 0.0228. The van der Waals surface area contributed by atoms with Crippen molar-refractivity contribution in [1.82, 2.24) is 10.2 Å². The molecule has 0 spiro atoms. The molecule has 0 bridgehead atoms. The van der Waals surface area contributed by atoms with Crippen LogP contribution in [0.15, 0.2) is 54.6 Å². The molecule has 124 valence electrons. The van der Waals surface area contributed by atoms with Gasteiger partial charge in [0, 0.05) is 35.3 Å². The van der Waals surface area contributed by atoms with Crippen LogP contribution in [-0.2, 0) is 0 Å². The average molecular weight is 343 g/mol. The van der Waals surface area contributed by atoms with Crippen molar-refractivity contribution in [3.05, 3.63) is 70.7 Å². The number of hydrogen-bond donors (Lipinski definition) is 1. The second-order valence-electron chi connectivity index (χ2n) is 5.94. The lowest BCUT2D eigenvalue weighted by atomic mass is 10.0. The van der Waals surface area contributed by atoms with Gasteiger partial charge in [0.1, 0.15) is 0 Å². The summed E-state index contributed by atoms with van der Waals surface area (Å²) >= 11 is 5.87. The summed E-state index contributed by atoms with van der Waals surface area (Å²) in [5, 5.41) is 3.64. The number of halogens is 1. The van der Waals surface area contributed by atoms with E-state index in [2.05, 4.69) is 5.32 Å². The van der Waals surface area contributed by atoms with Crippen molar-refractivity contribution in [3.8, 4) is 0 Å². The van der Waals surface area contributed by atoms with Gasteiger partial charge in [0.25, 0.3) is 11.8 Å². The highest BCUT2D eigenvalue weighted by Gasteiger charge is 2.25. The maximum absolute atomic E-state index is 12.6. The van der Waals surface area contributed by atoms with Crippen molar-refractivity contribution >= 4 is 23.4 Å². The van der Waals surface area contributed by atoms with Gasteiger partial charge in [0.15, 0.2) is 0 Å². The first kappa shape index (κ1) is 16.5. The van der Waals surface area contributed by atoms with Crippen molar-refractivity contribution < 1.29 is 9.59 Å². The Bertz CT molecular complexity index is 716. The molecule has 2 aromatic carbocycles. The Labute approximate surface area is 146 Å². The maximum atomic E-state index is 12.6. The van der Waals surface area contributed by atoms with Gasteiger partial charge in [-0.2, -0.15) is 0 Å². The van der Waals surface area contributed by atoms with E-state index >= 15 is 0 Å². The largest absolute Gasteiger partial charge is 0.348 e. The van der Waals surface area contributed by atoms with E-state index in [0.29, 0.717) is 29.2 Å². The zero-order chi connectivity index (χ0) is 16.9. The van der Waals surface area contributed by atoms with Gasteiger partial charge in [-0.1, -0.05) is 29.8 Å². The Balaban J connectivity index is 1.63. The molecule has 0 saturated carbocycles. The summed E-state index contributed by atoms with van der Waals surface area (Å²) in [5.74, 6) is -0.119. The minimum atomic E-state index is -0.0959. The fraction of sp³-hybridized carbons (Fsp3) is 0.263. The Morgan fingerprint density at radius 1 is 1.00 bits per heavy atom. The lowest BCUT2D eigenvalue weighted by Crippen LogP contribution is -2.49. The molecule has 4 nitrogen and oxygen atoms in total. The highest BCUT2D eigenvalue weighted by atomic mass is 35.5. The molecule has 0 aliphatic carbocycles. The molecule has 0 radical (unpaired) electrons. The summed E-state index contributed by atoms with van der Waals surface area (Å²) in [4.78, 5) is 26.6. The summed E-state index contributed by atoms with van der Waals surface area (Å²) < 4.78 is 0. The van der Waals surface area contributed by atoms with E-state index in [1.807, 2.05) is 18.2 Å². The summed E-state index contributed by atoms with van der Waals surface area (Å²) in [5.41, 5.74) is 1.26. The molecule has 1 saturated heterocycles. The van der Waals surface area contributed by atoms with Crippen LogP contribution in [0.5, 0.6) is 0 Å². The lowest BCUT2D eigenvalue weighted by molar-refractivity contribution is 0.0676. The van der Waals surface area contributed by atoms with Crippen LogP contribution in [0.1, 0.15) is 33.6 Å². The SMILES string of the molecule is O=C(N[C@@H]1CCCN(C(=O)c2ccc(Cl)cc2)C1)c1ccccc1. The summed E-state index contributed by atoms with van der Waals surface area (Å²) in [6.45, 7) is 1.24. The third kappa shape index (κ3) is 3.95. The molecular formula is C19H19ClN2O2. The number of carbonyl (C=O) groups is 2. The smallest absolute Gasteiger partial charge is 0.253 e. The Kier molecular flexibility index (Phi) is 5.16. The molecule has 1 atom stereocenters. The third-order valence-electron chi connectivity index (χ3n) is 4.17. The summed E-state index contributed by atoms with van der Waals surface area (Å²) in [6.07, 6.45) is 1.75. The number of benzene rings is 2. The molecular weight excluding hydrogens is 324 g/mol. The molecule has 0 aromatic heterocycles. The fourth-order valence-corrected chi connectivity index (χ4v) is 3.04. The van der Waals surface area contributed by atoms with Crippen LogP contribution < -0.4 is 5.32 Å². The molecule has 2 amide bonds. The number of nitrogens with zero attached hydrogens (tertiary/aromatic N) is 1. The van der Waals surface area contributed by atoms with Crippen molar-refractivity contribution in [2.24, 2.45) is 0 Å². The van der Waals surface area contributed by atoms with Crippen LogP contribution in [0.4, 0.5) is 0 Å². The molecule has 1 fully saturated rings. The predicted molar refractivity (Wildman–Crippen MR) is 94.3 cm³/mol. The number of nitrogens with one attached hydrogen (secondary N) is 1. The maximum Gasteiger partial charge on any atom is 0.253 e. The monoisotopic (exact) mass is 342 g/mol. The van der Waals surface area contributed by atoms with Gasteiger partial charge in [-0.05, 0) is 49.2 Å². The minimum Gasteiger partial charge on any atom is -0.348 e. The van der Waals surface area contributed by atoms with E-state index in [4.69, 9.17) is 11.6 Å². The van der Waals surface area contributed by atoms with E-state index in [0.717, 1.165) is 12.8 Å². The number of piperidine rings is 1. The summed E-state index contributed by atoms with van der Waals surface area (Å²) in [7, 11) is 0. The quantitative estimate of drug-likeness (QED) is 0.929. The van der Waals surface area contributed by atoms with E-state index in [1.54, 1.807) is 41.3 Å². The third-order valence-corrected chi connectivity index (χ3v) is 4.42. The number of likely N-dealkylation sites (tertiary alicyclic amines) is 1. The van der Waals surface area contributed by atoms with Crippen LogP contribution in [0.2, 0.25) is 5.02 Å². The van der Waals surface area contributed by atoms with Gasteiger partial charge in [0.2, 0.25) is 0 Å². The van der Waals surface area contributed by atoms with Crippen molar-refractivity contribution in [1.29, 1.82) is 0 Å². The van der Waals surface area contributed by atoms with Crippen molar-refractivity contribution in [2.75, 3.05) is 13.1 Å². The molecule has 24 heavy (non-hydrogen) atoms. The second-order valence-corrected chi connectivity index (χ2v) is 6.37. The zero-order valence-electron chi connectivity index (χ0n) is 13.2. The second kappa shape index (κ2) is 7.49. The highest BCUT2D eigenvalue weighted by Crippen LogP contribution is 2.16. The molecule has 1 aliphatic rings. The number of carbonyl (C=O) groups excluding carboxylic acids is 2. The first-order valence-electron chi connectivity index (χ1n) is 8.04. The Hall–Kier alpha value is -2.33. The van der Waals surface area contributed by atoms with Crippen molar-refractivity contribution in [2.45, 2.75) is 18.9 Å². The van der Waals surface area contributed by atoms with Crippen LogP contribution in [-0.4, -0.2) is 35.8 Å². The number of rotatable bonds is 3. The molecule has 1 N–H and O–H groups in total. The van der Waals surface area contributed by atoms with Gasteiger partial charge in [-0.15, -0.1) is 0 Å². The van der Waals surface area contributed by atoms with Crippen LogP contribution in [0.25, 0.3) is 0 Å². The van der Waals surface area contributed by atoms with Gasteiger partial charge in [0.05, 0.1) is 0 Å². The van der Waals surface area contributed by atoms with Crippen LogP contribution >= 0.6 is 11.6 Å². The van der Waals surface area contributed by atoms with E-state index < -0.39 is 0 Å². The zero-order valence-corrected chi connectivity index (χ0v) is 14.0. The standard InChI is InChI=1S/C19H19ClN2O2/c20-16-10-8-15(9-11-16)19(24)22-12-4-7-17(13-22)21-18(23)14-5-2-1-3-6-14/h1-3,5-6,8-11,17H,4,7,12-13H2,(H,21,23)/t17-/m1/s1. The van der Waals surface area contributed by atoms with E-state index in [1.165, 1.54) is 0 Å². The predicted octanol–water partition coefficient (Wildman–Crippen LogP) is 3.37. The first-order valence-corrected chi connectivity index (χ1v) is 8.42. The molecule has 5 heteroatoms. The average Bonchev–Trinajstić information content (AvgIpc) is 2.63. The molecule has 3 rings (SSSR count). The van der Waals surface area contributed by atoms with E-state index in [-0.39, 0.29) is 17.9 Å². The van der Waals surface area contributed by atoms with Gasteiger partial charge in [-0.25, -0.2) is 0 Å². The fourth-order valence-electron chi connectivity index (χ4n) is 2.91. The van der Waals surface area contributed by atoms with Gasteiger partial charge < -0.3 is 10.2 Å². The first-order chi connectivity index (χ1) is 11.6. The number of hydrogen-bond acceptors (Lipinski definition) is 2. The molecule has 2 aromatic rings. The van der Waals surface area contributed by atoms with Gasteiger partial charge in [-0.3, -0.25) is 9.59 Å². The van der Waals surface area contributed by atoms with Crippen molar-refractivity contribution in [3.63, 3.8) is 0 Å². The van der Waals surface area contributed by atoms with E-state index in [9.17, 15) is 9.59 Å². The molecule has 1 aliphatic heterocycles. The lowest BCUT2D eigenvalue weighted by Gasteiger charge is -2.33. The topological polar surface area (TPSA) is 49.4 Å². The highest BCUT2D eigenvalue weighted by molar-refractivity contribution is 6.30. The van der Waals surface area contributed by atoms with Crippen LogP contribution in [0.3, 0.4) is 0 Å². The molecule has 1 heterocycles. The Morgan fingerprint density at radius 2 is 1.71 bits per heavy atom. The molecule has 0 unspecified atom stereocenters. The number of amides is 2. The normalized spacial score (nSPS) is 17.4.